The maximum absolute atomic E-state index is 14.8. The molecule has 2 fully saturated rings. The minimum absolute atomic E-state index is 0.0215. The van der Waals surface area contributed by atoms with Crippen molar-refractivity contribution in [3.8, 4) is 11.5 Å². The number of primary amides is 1. The molecule has 3 amide bonds. The highest BCUT2D eigenvalue weighted by Crippen LogP contribution is 2.38. The summed E-state index contributed by atoms with van der Waals surface area (Å²) < 4.78 is 12.8. The molecular weight excluding hydrogens is 700 g/mol. The second-order valence-electron chi connectivity index (χ2n) is 13.2. The summed E-state index contributed by atoms with van der Waals surface area (Å²) in [5, 5.41) is 13.4. The fourth-order valence-corrected chi connectivity index (χ4v) is 7.18. The second kappa shape index (κ2) is 16.7. The van der Waals surface area contributed by atoms with Crippen molar-refractivity contribution in [1.29, 1.82) is 0 Å². The molecule has 1 saturated heterocycles. The molecule has 264 valence electrons. The lowest BCUT2D eigenvalue weighted by Gasteiger charge is -2.45. The van der Waals surface area contributed by atoms with Gasteiger partial charge in [0, 0.05) is 61.2 Å². The Morgan fingerprint density at radius 1 is 0.900 bits per heavy atom. The molecule has 50 heavy (non-hydrogen) atoms. The standard InChI is InChI=1S/C39H45BrN4O6/c40-29-10-16-33(17-11-29)50-21-20-49-32-14-8-27(9-15-32)34-22-30-24-43(37(47)7-3-6-36(41)46)25-35(42-30)38(34)39(48)44(31-12-13-31)23-28-5-2-1-4-26(28)18-19-45/h1-2,4-5,8-11,14-17,30-31,35,42,45H,3,6-7,12-13,18-25H2,(H2,41,46)/t30-,35-/m1/s1. The van der Waals surface area contributed by atoms with Crippen LogP contribution in [0.15, 0.2) is 82.8 Å². The summed E-state index contributed by atoms with van der Waals surface area (Å²) in [5.41, 5.74) is 10.0. The topological polar surface area (TPSA) is 134 Å². The normalized spacial score (nSPS) is 18.5. The lowest BCUT2D eigenvalue weighted by molar-refractivity contribution is -0.134. The lowest BCUT2D eigenvalue weighted by Crippen LogP contribution is -2.62. The van der Waals surface area contributed by atoms with E-state index in [2.05, 4.69) is 21.2 Å². The molecule has 3 aliphatic rings. The first-order valence-corrected chi connectivity index (χ1v) is 18.2. The van der Waals surface area contributed by atoms with Crippen molar-refractivity contribution in [1.82, 2.24) is 15.1 Å². The van der Waals surface area contributed by atoms with Crippen LogP contribution in [-0.4, -0.2) is 83.7 Å². The van der Waals surface area contributed by atoms with Crippen LogP contribution < -0.4 is 20.5 Å². The Labute approximate surface area is 301 Å². The van der Waals surface area contributed by atoms with E-state index in [0.29, 0.717) is 63.4 Å². The van der Waals surface area contributed by atoms with Gasteiger partial charge in [0.15, 0.2) is 0 Å². The molecule has 3 aromatic carbocycles. The molecule has 1 aliphatic carbocycles. The van der Waals surface area contributed by atoms with Gasteiger partial charge in [0.05, 0.1) is 6.04 Å². The summed E-state index contributed by atoms with van der Waals surface area (Å²) >= 11 is 3.43. The number of halogens is 1. The minimum atomic E-state index is -0.415. The molecule has 1 saturated carbocycles. The average molecular weight is 746 g/mol. The molecule has 10 nitrogen and oxygen atoms in total. The maximum Gasteiger partial charge on any atom is 0.252 e. The van der Waals surface area contributed by atoms with E-state index < -0.39 is 5.91 Å². The van der Waals surface area contributed by atoms with Gasteiger partial charge in [0.25, 0.3) is 5.91 Å². The third-order valence-corrected chi connectivity index (χ3v) is 10.1. The number of aliphatic hydroxyl groups is 1. The van der Waals surface area contributed by atoms with Crippen LogP contribution in [-0.2, 0) is 27.3 Å². The number of amides is 3. The van der Waals surface area contributed by atoms with Gasteiger partial charge in [-0.05, 0) is 90.8 Å². The highest BCUT2D eigenvalue weighted by Gasteiger charge is 2.43. The zero-order valence-electron chi connectivity index (χ0n) is 28.2. The SMILES string of the molecule is NC(=O)CCCC(=O)N1C[C@H]2CC(c3ccc(OCCOc4ccc(Br)cc4)cc3)=C(C(=O)N(Cc3ccccc3CCO)C3CC3)[C@@H](C1)N2. The van der Waals surface area contributed by atoms with Crippen LogP contribution in [0.5, 0.6) is 11.5 Å². The minimum Gasteiger partial charge on any atom is -0.490 e. The van der Waals surface area contributed by atoms with Crippen molar-refractivity contribution < 1.29 is 29.0 Å². The van der Waals surface area contributed by atoms with Crippen molar-refractivity contribution in [2.45, 2.75) is 69.6 Å². The van der Waals surface area contributed by atoms with E-state index in [1.807, 2.05) is 82.6 Å². The number of nitrogens with zero attached hydrogens (tertiary/aromatic N) is 2. The fraction of sp³-hybridized carbons (Fsp3) is 0.410. The second-order valence-corrected chi connectivity index (χ2v) is 14.1. The molecule has 11 heteroatoms. The summed E-state index contributed by atoms with van der Waals surface area (Å²) in [6, 6.07) is 23.3. The molecule has 0 radical (unpaired) electrons. The molecule has 0 aromatic heterocycles. The lowest BCUT2D eigenvalue weighted by atomic mass is 9.82. The Bertz CT molecular complexity index is 1690. The molecule has 4 N–H and O–H groups in total. The van der Waals surface area contributed by atoms with Crippen LogP contribution in [0, 0.1) is 0 Å². The average Bonchev–Trinajstić information content (AvgIpc) is 3.96. The predicted molar refractivity (Wildman–Crippen MR) is 194 cm³/mol. The Kier molecular flexibility index (Phi) is 11.9. The maximum atomic E-state index is 14.8. The van der Waals surface area contributed by atoms with Crippen LogP contribution in [0.2, 0.25) is 0 Å². The number of benzene rings is 3. The van der Waals surface area contributed by atoms with Crippen molar-refractivity contribution in [3.63, 3.8) is 0 Å². The van der Waals surface area contributed by atoms with Gasteiger partial charge in [-0.25, -0.2) is 0 Å². The van der Waals surface area contributed by atoms with Crippen LogP contribution >= 0.6 is 15.9 Å². The van der Waals surface area contributed by atoms with E-state index in [1.165, 1.54) is 0 Å². The van der Waals surface area contributed by atoms with Crippen molar-refractivity contribution in [2.75, 3.05) is 32.9 Å². The van der Waals surface area contributed by atoms with E-state index in [-0.39, 0.29) is 49.4 Å². The Morgan fingerprint density at radius 2 is 1.56 bits per heavy atom. The molecule has 3 aromatic rings. The van der Waals surface area contributed by atoms with Gasteiger partial charge in [-0.15, -0.1) is 0 Å². The molecule has 0 spiro atoms. The van der Waals surface area contributed by atoms with Gasteiger partial charge in [-0.3, -0.25) is 14.4 Å². The van der Waals surface area contributed by atoms with E-state index in [4.69, 9.17) is 15.2 Å². The summed E-state index contributed by atoms with van der Waals surface area (Å²) in [5.74, 6) is 1.02. The highest BCUT2D eigenvalue weighted by atomic mass is 79.9. The molecule has 2 bridgehead atoms. The highest BCUT2D eigenvalue weighted by molar-refractivity contribution is 9.10. The number of rotatable bonds is 16. The number of fused-ring (bicyclic) bond motifs is 2. The smallest absolute Gasteiger partial charge is 0.252 e. The van der Waals surface area contributed by atoms with Gasteiger partial charge in [-0.1, -0.05) is 52.3 Å². The Morgan fingerprint density at radius 3 is 2.20 bits per heavy atom. The van der Waals surface area contributed by atoms with Crippen LogP contribution in [0.25, 0.3) is 5.57 Å². The number of hydrogen-bond donors (Lipinski definition) is 3. The number of carbonyl (C=O) groups excluding carboxylic acids is 3. The van der Waals surface area contributed by atoms with Crippen molar-refractivity contribution >= 4 is 39.2 Å². The first-order valence-electron chi connectivity index (χ1n) is 17.4. The predicted octanol–water partition coefficient (Wildman–Crippen LogP) is 4.61. The first-order chi connectivity index (χ1) is 24.3. The van der Waals surface area contributed by atoms with E-state index in [9.17, 15) is 19.5 Å². The first kappa shape index (κ1) is 35.6. The number of nitrogens with one attached hydrogen (secondary N) is 1. The largest absolute Gasteiger partial charge is 0.490 e. The molecule has 2 aliphatic heterocycles. The van der Waals surface area contributed by atoms with Gasteiger partial charge in [0.1, 0.15) is 24.7 Å². The number of ether oxygens (including phenoxy) is 2. The number of hydrogen-bond acceptors (Lipinski definition) is 7. The summed E-state index contributed by atoms with van der Waals surface area (Å²) in [7, 11) is 0. The third-order valence-electron chi connectivity index (χ3n) is 9.53. The van der Waals surface area contributed by atoms with Crippen molar-refractivity contribution in [3.05, 3.63) is 99.5 Å². The molecule has 6 rings (SSSR count). The Hall–Kier alpha value is -4.19. The zero-order valence-corrected chi connectivity index (χ0v) is 29.8. The van der Waals surface area contributed by atoms with E-state index in [0.717, 1.165) is 45.3 Å². The number of carbonyl (C=O) groups is 3. The third kappa shape index (κ3) is 9.12. The van der Waals surface area contributed by atoms with Gasteiger partial charge in [-0.2, -0.15) is 0 Å². The van der Waals surface area contributed by atoms with Crippen LogP contribution in [0.4, 0.5) is 0 Å². The summed E-state index contributed by atoms with van der Waals surface area (Å²) in [6.45, 7) is 2.18. The fourth-order valence-electron chi connectivity index (χ4n) is 6.91. The summed E-state index contributed by atoms with van der Waals surface area (Å²) in [4.78, 5) is 43.2. The van der Waals surface area contributed by atoms with Gasteiger partial charge >= 0.3 is 0 Å². The number of piperazine rings is 1. The monoisotopic (exact) mass is 744 g/mol. The molecular formula is C39H45BrN4O6. The van der Waals surface area contributed by atoms with Crippen LogP contribution in [0.1, 0.15) is 55.2 Å². The molecule has 2 heterocycles. The molecule has 0 unspecified atom stereocenters. The van der Waals surface area contributed by atoms with E-state index >= 15 is 0 Å². The quantitative estimate of drug-likeness (QED) is 0.183. The van der Waals surface area contributed by atoms with E-state index in [1.54, 1.807) is 0 Å². The Balaban J connectivity index is 1.24. The molecule has 2 atom stereocenters. The summed E-state index contributed by atoms with van der Waals surface area (Å²) in [6.07, 6.45) is 3.83. The van der Waals surface area contributed by atoms with Gasteiger partial charge < -0.3 is 35.4 Å². The van der Waals surface area contributed by atoms with Gasteiger partial charge in [0.2, 0.25) is 11.8 Å². The number of nitrogens with two attached hydrogens (primary N) is 1. The zero-order chi connectivity index (χ0) is 35.0. The van der Waals surface area contributed by atoms with Crippen molar-refractivity contribution in [2.24, 2.45) is 5.73 Å². The van der Waals surface area contributed by atoms with Crippen LogP contribution in [0.3, 0.4) is 0 Å². The number of aliphatic hydroxyl groups excluding tert-OH is 1.